The monoisotopic (exact) mass is 257 g/mol. The Morgan fingerprint density at radius 1 is 1.37 bits per heavy atom. The number of hydrogen-bond donors (Lipinski definition) is 0. The maximum absolute atomic E-state index is 12.5. The smallest absolute Gasteiger partial charge is 0.262 e. The number of aromatic nitrogens is 2. The average molecular weight is 257 g/mol. The molecule has 1 aliphatic rings. The summed E-state index contributed by atoms with van der Waals surface area (Å²) in [7, 11) is 0. The second-order valence-corrected chi connectivity index (χ2v) is 5.20. The third-order valence-electron chi connectivity index (χ3n) is 3.93. The highest BCUT2D eigenvalue weighted by atomic mass is 16.1. The highest BCUT2D eigenvalue weighted by Crippen LogP contribution is 2.26. The Hall–Kier alpha value is -1.68. The van der Waals surface area contributed by atoms with Crippen molar-refractivity contribution in [3.63, 3.8) is 0 Å². The predicted molar refractivity (Wildman–Crippen MR) is 76.0 cm³/mol. The molecule has 2 heterocycles. The van der Waals surface area contributed by atoms with Crippen molar-refractivity contribution in [2.75, 3.05) is 6.54 Å². The van der Waals surface area contributed by atoms with Gasteiger partial charge in [0.1, 0.15) is 5.82 Å². The first-order chi connectivity index (χ1) is 9.22. The van der Waals surface area contributed by atoms with Gasteiger partial charge in [-0.3, -0.25) is 14.3 Å². The summed E-state index contributed by atoms with van der Waals surface area (Å²) in [5, 5.41) is 0.718. The first-order valence-corrected chi connectivity index (χ1v) is 6.96. The van der Waals surface area contributed by atoms with Crippen molar-refractivity contribution in [1.29, 1.82) is 0 Å². The molecule has 3 rings (SSSR count). The molecule has 100 valence electrons. The third kappa shape index (κ3) is 1.96. The van der Waals surface area contributed by atoms with Crippen LogP contribution in [0.25, 0.3) is 10.9 Å². The Labute approximate surface area is 112 Å². The van der Waals surface area contributed by atoms with Gasteiger partial charge >= 0.3 is 0 Å². The molecule has 0 saturated heterocycles. The lowest BCUT2D eigenvalue weighted by atomic mass is 10.2. The maximum atomic E-state index is 12.5. The van der Waals surface area contributed by atoms with E-state index in [2.05, 4.69) is 23.7 Å². The first-order valence-electron chi connectivity index (χ1n) is 6.96. The number of unbranched alkanes of at least 4 members (excludes halogenated alkanes) is 1. The molecule has 0 bridgehead atoms. The normalized spacial score (nSPS) is 18.9. The summed E-state index contributed by atoms with van der Waals surface area (Å²) in [5.74, 6) is 0.903. The van der Waals surface area contributed by atoms with Gasteiger partial charge in [-0.25, -0.2) is 4.98 Å². The van der Waals surface area contributed by atoms with Crippen molar-refractivity contribution >= 4 is 10.9 Å². The predicted octanol–water partition coefficient (Wildman–Crippen LogP) is 2.53. The fourth-order valence-corrected chi connectivity index (χ4v) is 2.73. The molecule has 1 atom stereocenters. The maximum Gasteiger partial charge on any atom is 0.262 e. The van der Waals surface area contributed by atoms with Gasteiger partial charge in [-0.2, -0.15) is 0 Å². The summed E-state index contributed by atoms with van der Waals surface area (Å²) in [6.45, 7) is 6.02. The van der Waals surface area contributed by atoms with Crippen LogP contribution in [0.1, 0.15) is 38.6 Å². The zero-order valence-corrected chi connectivity index (χ0v) is 11.5. The fraction of sp³-hybridized carbons (Fsp3) is 0.467. The zero-order chi connectivity index (χ0) is 13.4. The summed E-state index contributed by atoms with van der Waals surface area (Å²) in [6.07, 6.45) is 2.33. The van der Waals surface area contributed by atoms with Crippen molar-refractivity contribution in [2.45, 2.75) is 39.4 Å². The molecule has 0 N–H and O–H groups in total. The van der Waals surface area contributed by atoms with Crippen LogP contribution in [0.4, 0.5) is 0 Å². The minimum atomic E-state index is 0.0893. The SMILES string of the molecule is CCCCN1Cn2c(nc3ccccc3c2=O)C1C. The summed E-state index contributed by atoms with van der Waals surface area (Å²) >= 11 is 0. The molecule has 1 aromatic heterocycles. The van der Waals surface area contributed by atoms with Crippen LogP contribution < -0.4 is 5.56 Å². The van der Waals surface area contributed by atoms with Crippen molar-refractivity contribution in [1.82, 2.24) is 14.5 Å². The quantitative estimate of drug-likeness (QED) is 0.848. The van der Waals surface area contributed by atoms with E-state index in [-0.39, 0.29) is 11.6 Å². The van der Waals surface area contributed by atoms with Crippen LogP contribution in [0.15, 0.2) is 29.1 Å². The topological polar surface area (TPSA) is 38.1 Å². The molecule has 19 heavy (non-hydrogen) atoms. The lowest BCUT2D eigenvalue weighted by Crippen LogP contribution is -2.25. The molecule has 1 aliphatic heterocycles. The van der Waals surface area contributed by atoms with Crippen LogP contribution in [-0.4, -0.2) is 21.0 Å². The van der Waals surface area contributed by atoms with Gasteiger partial charge in [0.2, 0.25) is 0 Å². The summed E-state index contributed by atoms with van der Waals surface area (Å²) < 4.78 is 1.82. The lowest BCUT2D eigenvalue weighted by Gasteiger charge is -2.18. The molecule has 0 amide bonds. The minimum Gasteiger partial charge on any atom is -0.281 e. The van der Waals surface area contributed by atoms with Gasteiger partial charge in [-0.05, 0) is 25.5 Å². The van der Waals surface area contributed by atoms with E-state index in [1.54, 1.807) is 0 Å². The first kappa shape index (κ1) is 12.4. The summed E-state index contributed by atoms with van der Waals surface area (Å²) in [5.41, 5.74) is 0.898. The van der Waals surface area contributed by atoms with Gasteiger partial charge in [-0.1, -0.05) is 25.5 Å². The molecule has 1 unspecified atom stereocenters. The van der Waals surface area contributed by atoms with Gasteiger partial charge in [-0.15, -0.1) is 0 Å². The van der Waals surface area contributed by atoms with Gasteiger partial charge in [0.25, 0.3) is 5.56 Å². The second-order valence-electron chi connectivity index (χ2n) is 5.20. The van der Waals surface area contributed by atoms with Gasteiger partial charge in [0.05, 0.1) is 23.6 Å². The van der Waals surface area contributed by atoms with E-state index in [0.29, 0.717) is 6.67 Å². The Morgan fingerprint density at radius 3 is 2.95 bits per heavy atom. The average Bonchev–Trinajstić information content (AvgIpc) is 2.75. The van der Waals surface area contributed by atoms with Crippen molar-refractivity contribution in [3.8, 4) is 0 Å². The molecule has 2 aromatic rings. The van der Waals surface area contributed by atoms with E-state index in [1.165, 1.54) is 6.42 Å². The largest absolute Gasteiger partial charge is 0.281 e. The molecule has 0 radical (unpaired) electrons. The van der Waals surface area contributed by atoms with E-state index in [9.17, 15) is 4.79 Å². The lowest BCUT2D eigenvalue weighted by molar-refractivity contribution is 0.205. The van der Waals surface area contributed by atoms with Crippen LogP contribution >= 0.6 is 0 Å². The molecule has 4 nitrogen and oxygen atoms in total. The molecular weight excluding hydrogens is 238 g/mol. The molecule has 0 aliphatic carbocycles. The highest BCUT2D eigenvalue weighted by molar-refractivity contribution is 5.77. The van der Waals surface area contributed by atoms with E-state index in [1.807, 2.05) is 28.8 Å². The molecular formula is C15H19N3O. The van der Waals surface area contributed by atoms with Gasteiger partial charge in [0, 0.05) is 6.54 Å². The second kappa shape index (κ2) is 4.78. The Morgan fingerprint density at radius 2 is 2.16 bits per heavy atom. The Balaban J connectivity index is 2.07. The number of para-hydroxylation sites is 1. The summed E-state index contributed by atoms with van der Waals surface area (Å²) in [6, 6.07) is 7.83. The van der Waals surface area contributed by atoms with Crippen LogP contribution in [0, 0.1) is 0 Å². The van der Waals surface area contributed by atoms with E-state index in [0.717, 1.165) is 29.7 Å². The molecule has 0 spiro atoms. The minimum absolute atomic E-state index is 0.0893. The van der Waals surface area contributed by atoms with Crippen LogP contribution in [0.5, 0.6) is 0 Å². The fourth-order valence-electron chi connectivity index (χ4n) is 2.73. The molecule has 0 saturated carbocycles. The number of fused-ring (bicyclic) bond motifs is 2. The van der Waals surface area contributed by atoms with Crippen LogP contribution in [-0.2, 0) is 6.67 Å². The molecule has 4 heteroatoms. The number of rotatable bonds is 3. The zero-order valence-electron chi connectivity index (χ0n) is 11.5. The van der Waals surface area contributed by atoms with Crippen LogP contribution in [0.3, 0.4) is 0 Å². The van der Waals surface area contributed by atoms with E-state index >= 15 is 0 Å². The van der Waals surface area contributed by atoms with Gasteiger partial charge < -0.3 is 0 Å². The van der Waals surface area contributed by atoms with Crippen molar-refractivity contribution < 1.29 is 0 Å². The van der Waals surface area contributed by atoms with Crippen molar-refractivity contribution in [2.24, 2.45) is 0 Å². The summed E-state index contributed by atoms with van der Waals surface area (Å²) in [4.78, 5) is 19.5. The standard InChI is InChI=1S/C15H19N3O/c1-3-4-9-17-10-18-14(11(17)2)16-13-8-6-5-7-12(13)15(18)19/h5-8,11H,3-4,9-10H2,1-2H3. The molecule has 0 fully saturated rings. The Bertz CT molecular complexity index is 662. The van der Waals surface area contributed by atoms with Crippen molar-refractivity contribution in [3.05, 3.63) is 40.4 Å². The van der Waals surface area contributed by atoms with E-state index < -0.39 is 0 Å². The number of nitrogens with zero attached hydrogens (tertiary/aromatic N) is 3. The van der Waals surface area contributed by atoms with Crippen LogP contribution in [0.2, 0.25) is 0 Å². The molecule has 1 aromatic carbocycles. The highest BCUT2D eigenvalue weighted by Gasteiger charge is 2.29. The third-order valence-corrected chi connectivity index (χ3v) is 3.93. The van der Waals surface area contributed by atoms with E-state index in [4.69, 9.17) is 0 Å². The Kier molecular flexibility index (Phi) is 3.11. The number of hydrogen-bond acceptors (Lipinski definition) is 3. The van der Waals surface area contributed by atoms with Gasteiger partial charge in [0.15, 0.2) is 0 Å². The number of benzene rings is 1.